The number of amides is 1. The number of hydrogen-bond acceptors (Lipinski definition) is 4. The van der Waals surface area contributed by atoms with Crippen molar-refractivity contribution < 1.29 is 9.59 Å². The molecule has 0 aliphatic heterocycles. The van der Waals surface area contributed by atoms with Gasteiger partial charge in [0, 0.05) is 11.3 Å². The molecule has 0 saturated heterocycles. The van der Waals surface area contributed by atoms with E-state index >= 15 is 0 Å². The fraction of sp³-hybridized carbons (Fsp3) is 0.250. The Kier molecular flexibility index (Phi) is 5.14. The molecule has 26 heavy (non-hydrogen) atoms. The van der Waals surface area contributed by atoms with E-state index in [4.69, 9.17) is 0 Å². The number of imidazole rings is 1. The predicted molar refractivity (Wildman–Crippen MR) is 102 cm³/mol. The topological polar surface area (TPSA) is 67.2 Å². The number of ketones is 1. The van der Waals surface area contributed by atoms with Crippen molar-refractivity contribution >= 4 is 28.4 Å². The molecule has 0 saturated carbocycles. The molecule has 0 spiro atoms. The summed E-state index contributed by atoms with van der Waals surface area (Å²) < 4.78 is 1.93. The average Bonchev–Trinajstić information content (AvgIpc) is 2.91. The molecule has 0 fully saturated rings. The van der Waals surface area contributed by atoms with E-state index in [0.29, 0.717) is 17.8 Å². The Morgan fingerprint density at radius 1 is 1.12 bits per heavy atom. The fourth-order valence-corrected chi connectivity index (χ4v) is 2.87. The molecule has 1 N–H and O–H groups in total. The van der Waals surface area contributed by atoms with Crippen LogP contribution in [0.1, 0.15) is 23.1 Å². The van der Waals surface area contributed by atoms with Crippen LogP contribution in [0, 0.1) is 0 Å². The third-order valence-corrected chi connectivity index (χ3v) is 4.05. The van der Waals surface area contributed by atoms with Crippen LogP contribution in [0.5, 0.6) is 0 Å². The molecule has 0 atom stereocenters. The second kappa shape index (κ2) is 7.49. The van der Waals surface area contributed by atoms with E-state index in [-0.39, 0.29) is 18.2 Å². The number of nitrogens with one attached hydrogen (secondary N) is 1. The van der Waals surface area contributed by atoms with Crippen molar-refractivity contribution in [3.8, 4) is 0 Å². The van der Waals surface area contributed by atoms with Crippen molar-refractivity contribution in [1.82, 2.24) is 14.5 Å². The second-order valence-corrected chi connectivity index (χ2v) is 6.53. The normalized spacial score (nSPS) is 11.1. The summed E-state index contributed by atoms with van der Waals surface area (Å²) >= 11 is 0. The van der Waals surface area contributed by atoms with Gasteiger partial charge in [0.25, 0.3) is 0 Å². The quantitative estimate of drug-likeness (QED) is 0.694. The smallest absolute Gasteiger partial charge is 0.244 e. The summed E-state index contributed by atoms with van der Waals surface area (Å²) in [6.07, 6.45) is 0. The molecule has 1 amide bonds. The van der Waals surface area contributed by atoms with Crippen molar-refractivity contribution in [1.29, 1.82) is 0 Å². The number of anilines is 1. The van der Waals surface area contributed by atoms with Gasteiger partial charge in [0.1, 0.15) is 12.4 Å². The van der Waals surface area contributed by atoms with E-state index in [1.165, 1.54) is 6.92 Å². The van der Waals surface area contributed by atoms with Crippen molar-refractivity contribution in [3.63, 3.8) is 0 Å². The highest BCUT2D eigenvalue weighted by atomic mass is 16.2. The molecule has 1 heterocycles. The summed E-state index contributed by atoms with van der Waals surface area (Å²) in [5.74, 6) is 0.646. The summed E-state index contributed by atoms with van der Waals surface area (Å²) in [5.41, 5.74) is 2.98. The number of para-hydroxylation sites is 2. The average molecular weight is 350 g/mol. The Balaban J connectivity index is 1.85. The minimum atomic E-state index is -0.158. The standard InChI is InChI=1S/C20H22N4O2/c1-14(25)15-7-6-8-16(11-15)21-20(26)13-24-18-10-5-4-9-17(18)22-19(24)12-23(2)3/h4-11H,12-13H2,1-3H3,(H,21,26). The van der Waals surface area contributed by atoms with Crippen molar-refractivity contribution in [2.45, 2.75) is 20.0 Å². The van der Waals surface area contributed by atoms with Gasteiger partial charge in [0.2, 0.25) is 5.91 Å². The molecule has 3 aromatic rings. The van der Waals surface area contributed by atoms with Crippen LogP contribution in [-0.4, -0.2) is 40.2 Å². The van der Waals surface area contributed by atoms with E-state index < -0.39 is 0 Å². The highest BCUT2D eigenvalue weighted by molar-refractivity contribution is 5.97. The molecule has 6 heteroatoms. The number of rotatable bonds is 6. The van der Waals surface area contributed by atoms with Gasteiger partial charge in [-0.3, -0.25) is 9.59 Å². The first kappa shape index (κ1) is 17.8. The summed E-state index contributed by atoms with van der Waals surface area (Å²) in [7, 11) is 3.94. The molecule has 2 aromatic carbocycles. The van der Waals surface area contributed by atoms with E-state index in [2.05, 4.69) is 10.3 Å². The molecule has 134 valence electrons. The maximum atomic E-state index is 12.6. The number of aromatic nitrogens is 2. The number of hydrogen-bond donors (Lipinski definition) is 1. The Labute approximate surface area is 152 Å². The lowest BCUT2D eigenvalue weighted by atomic mass is 10.1. The van der Waals surface area contributed by atoms with Gasteiger partial charge >= 0.3 is 0 Å². The first-order chi connectivity index (χ1) is 12.4. The van der Waals surface area contributed by atoms with Crippen LogP contribution in [0.25, 0.3) is 11.0 Å². The largest absolute Gasteiger partial charge is 0.325 e. The third-order valence-electron chi connectivity index (χ3n) is 4.05. The molecule has 6 nitrogen and oxygen atoms in total. The Morgan fingerprint density at radius 3 is 2.62 bits per heavy atom. The zero-order valence-corrected chi connectivity index (χ0v) is 15.2. The Morgan fingerprint density at radius 2 is 1.88 bits per heavy atom. The van der Waals surface area contributed by atoms with Crippen LogP contribution in [0.15, 0.2) is 48.5 Å². The summed E-state index contributed by atoms with van der Waals surface area (Å²) in [6, 6.07) is 14.7. The first-order valence-electron chi connectivity index (χ1n) is 8.44. The van der Waals surface area contributed by atoms with Gasteiger partial charge in [0.05, 0.1) is 17.6 Å². The van der Waals surface area contributed by atoms with Gasteiger partial charge in [-0.15, -0.1) is 0 Å². The van der Waals surface area contributed by atoms with Crippen LogP contribution in [-0.2, 0) is 17.9 Å². The Hall–Kier alpha value is -2.99. The third kappa shape index (κ3) is 3.97. The van der Waals surface area contributed by atoms with Gasteiger partial charge in [-0.2, -0.15) is 0 Å². The highest BCUT2D eigenvalue weighted by Gasteiger charge is 2.14. The molecule has 1 aromatic heterocycles. The second-order valence-electron chi connectivity index (χ2n) is 6.53. The van der Waals surface area contributed by atoms with Crippen LogP contribution in [0.4, 0.5) is 5.69 Å². The maximum absolute atomic E-state index is 12.6. The molecule has 0 aliphatic rings. The van der Waals surface area contributed by atoms with Gasteiger partial charge in [-0.05, 0) is 45.3 Å². The molecule has 0 unspecified atom stereocenters. The molecule has 3 rings (SSSR count). The SMILES string of the molecule is CC(=O)c1cccc(NC(=O)Cn2c(CN(C)C)nc3ccccc32)c1. The first-order valence-corrected chi connectivity index (χ1v) is 8.44. The number of benzene rings is 2. The minimum Gasteiger partial charge on any atom is -0.325 e. The number of Topliss-reactive ketones (excluding diaryl/α,β-unsaturated/α-hetero) is 1. The van der Waals surface area contributed by atoms with Crippen LogP contribution < -0.4 is 5.32 Å². The zero-order valence-electron chi connectivity index (χ0n) is 15.2. The van der Waals surface area contributed by atoms with E-state index in [1.54, 1.807) is 24.3 Å². The minimum absolute atomic E-state index is 0.0324. The summed E-state index contributed by atoms with van der Waals surface area (Å²) in [6.45, 7) is 2.31. The zero-order chi connectivity index (χ0) is 18.7. The molecule has 0 radical (unpaired) electrons. The lowest BCUT2D eigenvalue weighted by Gasteiger charge is -2.13. The number of carbonyl (C=O) groups is 2. The fourth-order valence-electron chi connectivity index (χ4n) is 2.87. The molecular weight excluding hydrogens is 328 g/mol. The predicted octanol–water partition coefficient (Wildman–Crippen LogP) is 2.94. The molecular formula is C20H22N4O2. The van der Waals surface area contributed by atoms with Gasteiger partial charge in [-0.1, -0.05) is 24.3 Å². The monoisotopic (exact) mass is 350 g/mol. The number of carbonyl (C=O) groups excluding carboxylic acids is 2. The molecule has 0 bridgehead atoms. The van der Waals surface area contributed by atoms with Crippen molar-refractivity contribution in [2.75, 3.05) is 19.4 Å². The maximum Gasteiger partial charge on any atom is 0.244 e. The number of nitrogens with zero attached hydrogens (tertiary/aromatic N) is 3. The lowest BCUT2D eigenvalue weighted by Crippen LogP contribution is -2.22. The summed E-state index contributed by atoms with van der Waals surface area (Å²) in [4.78, 5) is 30.8. The van der Waals surface area contributed by atoms with Gasteiger partial charge in [0.15, 0.2) is 5.78 Å². The highest BCUT2D eigenvalue weighted by Crippen LogP contribution is 2.18. The van der Waals surface area contributed by atoms with E-state index in [0.717, 1.165) is 16.9 Å². The van der Waals surface area contributed by atoms with Crippen molar-refractivity contribution in [3.05, 3.63) is 59.9 Å². The number of fused-ring (bicyclic) bond motifs is 1. The van der Waals surface area contributed by atoms with E-state index in [1.807, 2.05) is 47.8 Å². The Bertz CT molecular complexity index is 959. The molecule has 0 aliphatic carbocycles. The van der Waals surface area contributed by atoms with Crippen LogP contribution in [0.2, 0.25) is 0 Å². The lowest BCUT2D eigenvalue weighted by molar-refractivity contribution is -0.116. The van der Waals surface area contributed by atoms with Crippen LogP contribution in [0.3, 0.4) is 0 Å². The van der Waals surface area contributed by atoms with Crippen molar-refractivity contribution in [2.24, 2.45) is 0 Å². The van der Waals surface area contributed by atoms with Gasteiger partial charge in [-0.25, -0.2) is 4.98 Å². The summed E-state index contributed by atoms with van der Waals surface area (Å²) in [5, 5.41) is 2.87. The van der Waals surface area contributed by atoms with E-state index in [9.17, 15) is 9.59 Å². The van der Waals surface area contributed by atoms with Gasteiger partial charge < -0.3 is 14.8 Å². The van der Waals surface area contributed by atoms with Crippen LogP contribution >= 0.6 is 0 Å².